The Morgan fingerprint density at radius 3 is 2.23 bits per heavy atom. The highest BCUT2D eigenvalue weighted by molar-refractivity contribution is 5.79. The highest BCUT2D eigenvalue weighted by atomic mass is 16.5. The minimum atomic E-state index is -0.723. The van der Waals surface area contributed by atoms with Gasteiger partial charge in [-0.15, -0.1) is 0 Å². The Bertz CT molecular complexity index is 358. The number of carbonyl (C=O) groups is 2. The summed E-state index contributed by atoms with van der Waals surface area (Å²) in [5.41, 5.74) is 0. The van der Waals surface area contributed by atoms with E-state index in [1.807, 2.05) is 0 Å². The SMILES string of the molecule is O=C(O)C1CCC(C(=O)NCCCOC2CCCCC2)CC1. The van der Waals surface area contributed by atoms with Gasteiger partial charge in [0.25, 0.3) is 0 Å². The summed E-state index contributed by atoms with van der Waals surface area (Å²) < 4.78 is 5.83. The second kappa shape index (κ2) is 9.13. The van der Waals surface area contributed by atoms with Gasteiger partial charge in [-0.1, -0.05) is 19.3 Å². The lowest BCUT2D eigenvalue weighted by atomic mass is 9.81. The predicted molar refractivity (Wildman–Crippen MR) is 83.5 cm³/mol. The van der Waals surface area contributed by atoms with Crippen LogP contribution in [0.3, 0.4) is 0 Å². The summed E-state index contributed by atoms with van der Waals surface area (Å²) in [6.07, 6.45) is 10.2. The molecule has 0 radical (unpaired) electrons. The zero-order valence-corrected chi connectivity index (χ0v) is 13.4. The Morgan fingerprint density at radius 2 is 1.59 bits per heavy atom. The van der Waals surface area contributed by atoms with E-state index >= 15 is 0 Å². The molecule has 0 spiro atoms. The molecule has 2 rings (SSSR count). The van der Waals surface area contributed by atoms with E-state index in [-0.39, 0.29) is 17.7 Å². The van der Waals surface area contributed by atoms with Gasteiger partial charge in [0.1, 0.15) is 0 Å². The summed E-state index contributed by atoms with van der Waals surface area (Å²) in [6, 6.07) is 0. The number of carboxylic acid groups (broad SMARTS) is 1. The number of nitrogens with one attached hydrogen (secondary N) is 1. The second-order valence-electron chi connectivity index (χ2n) is 6.66. The number of carbonyl (C=O) groups excluding carboxylic acids is 1. The summed E-state index contributed by atoms with van der Waals surface area (Å²) in [7, 11) is 0. The first-order valence-electron chi connectivity index (χ1n) is 8.79. The van der Waals surface area contributed by atoms with Gasteiger partial charge in [0.15, 0.2) is 0 Å². The lowest BCUT2D eigenvalue weighted by molar-refractivity contribution is -0.144. The Kier molecular flexibility index (Phi) is 7.16. The fourth-order valence-corrected chi connectivity index (χ4v) is 3.51. The first-order chi connectivity index (χ1) is 10.7. The highest BCUT2D eigenvalue weighted by Crippen LogP contribution is 2.29. The number of amides is 1. The number of ether oxygens (including phenoxy) is 1. The van der Waals surface area contributed by atoms with Crippen LogP contribution in [0.2, 0.25) is 0 Å². The molecule has 0 bridgehead atoms. The standard InChI is InChI=1S/C17H29NO4/c19-16(13-7-9-14(10-8-13)17(20)21)18-11-4-12-22-15-5-2-1-3-6-15/h13-15H,1-12H2,(H,18,19)(H,20,21). The molecule has 0 aromatic carbocycles. The molecule has 0 saturated heterocycles. The van der Waals surface area contributed by atoms with Gasteiger partial charge in [0.2, 0.25) is 5.91 Å². The van der Waals surface area contributed by atoms with Crippen LogP contribution in [0.5, 0.6) is 0 Å². The van der Waals surface area contributed by atoms with Crippen LogP contribution in [0.4, 0.5) is 0 Å². The Balaban J connectivity index is 1.51. The summed E-state index contributed by atoms with van der Waals surface area (Å²) in [6.45, 7) is 1.38. The highest BCUT2D eigenvalue weighted by Gasteiger charge is 2.29. The fourth-order valence-electron chi connectivity index (χ4n) is 3.51. The van der Waals surface area contributed by atoms with Gasteiger partial charge in [-0.2, -0.15) is 0 Å². The molecule has 126 valence electrons. The molecule has 0 unspecified atom stereocenters. The first-order valence-corrected chi connectivity index (χ1v) is 8.79. The van der Waals surface area contributed by atoms with Crippen molar-refractivity contribution in [1.82, 2.24) is 5.32 Å². The quantitative estimate of drug-likeness (QED) is 0.709. The maximum absolute atomic E-state index is 12.0. The molecular formula is C17H29NO4. The van der Waals surface area contributed by atoms with Crippen LogP contribution in [0.15, 0.2) is 0 Å². The van der Waals surface area contributed by atoms with Crippen LogP contribution in [-0.2, 0) is 14.3 Å². The maximum atomic E-state index is 12.0. The van der Waals surface area contributed by atoms with Gasteiger partial charge in [-0.05, 0) is 44.9 Å². The average molecular weight is 311 g/mol. The number of carboxylic acids is 1. The van der Waals surface area contributed by atoms with Crippen molar-refractivity contribution in [2.45, 2.75) is 70.3 Å². The molecule has 0 aromatic rings. The van der Waals surface area contributed by atoms with Crippen molar-refractivity contribution in [2.24, 2.45) is 11.8 Å². The minimum absolute atomic E-state index is 0.00476. The van der Waals surface area contributed by atoms with Crippen LogP contribution in [0.1, 0.15) is 64.2 Å². The van der Waals surface area contributed by atoms with E-state index < -0.39 is 5.97 Å². The van der Waals surface area contributed by atoms with Crippen LogP contribution in [-0.4, -0.2) is 36.2 Å². The molecule has 0 aromatic heterocycles. The smallest absolute Gasteiger partial charge is 0.306 e. The molecular weight excluding hydrogens is 282 g/mol. The normalized spacial score (nSPS) is 26.5. The second-order valence-corrected chi connectivity index (χ2v) is 6.66. The monoisotopic (exact) mass is 311 g/mol. The summed E-state index contributed by atoms with van der Waals surface area (Å²) in [4.78, 5) is 22.9. The maximum Gasteiger partial charge on any atom is 0.306 e. The van der Waals surface area contributed by atoms with E-state index in [4.69, 9.17) is 9.84 Å². The van der Waals surface area contributed by atoms with Gasteiger partial charge in [-0.3, -0.25) is 9.59 Å². The van der Waals surface area contributed by atoms with Gasteiger partial charge in [0, 0.05) is 19.1 Å². The van der Waals surface area contributed by atoms with E-state index in [1.165, 1.54) is 32.1 Å². The average Bonchev–Trinajstić information content (AvgIpc) is 2.55. The number of hydrogen-bond donors (Lipinski definition) is 2. The summed E-state index contributed by atoms with van der Waals surface area (Å²) >= 11 is 0. The van der Waals surface area contributed by atoms with E-state index in [9.17, 15) is 9.59 Å². The molecule has 2 N–H and O–H groups in total. The van der Waals surface area contributed by atoms with E-state index in [2.05, 4.69) is 5.32 Å². The minimum Gasteiger partial charge on any atom is -0.481 e. The summed E-state index contributed by atoms with van der Waals surface area (Å²) in [5.74, 6) is -0.900. The fraction of sp³-hybridized carbons (Fsp3) is 0.882. The molecule has 0 heterocycles. The first kappa shape index (κ1) is 17.3. The Morgan fingerprint density at radius 1 is 0.955 bits per heavy atom. The van der Waals surface area contributed by atoms with Gasteiger partial charge in [-0.25, -0.2) is 0 Å². The largest absolute Gasteiger partial charge is 0.481 e. The number of hydrogen-bond acceptors (Lipinski definition) is 3. The number of aliphatic carboxylic acids is 1. The Labute approximate surface area is 132 Å². The van der Waals surface area contributed by atoms with Crippen LogP contribution in [0.25, 0.3) is 0 Å². The molecule has 1 amide bonds. The molecule has 2 aliphatic carbocycles. The lowest BCUT2D eigenvalue weighted by Gasteiger charge is -2.25. The molecule has 5 heteroatoms. The third-order valence-electron chi connectivity index (χ3n) is 4.97. The lowest BCUT2D eigenvalue weighted by Crippen LogP contribution is -2.35. The van der Waals surface area contributed by atoms with Crippen molar-refractivity contribution >= 4 is 11.9 Å². The molecule has 2 aliphatic rings. The van der Waals surface area contributed by atoms with Crippen LogP contribution in [0, 0.1) is 11.8 Å². The van der Waals surface area contributed by atoms with Gasteiger partial charge >= 0.3 is 5.97 Å². The van der Waals surface area contributed by atoms with Crippen LogP contribution >= 0.6 is 0 Å². The van der Waals surface area contributed by atoms with Crippen molar-refractivity contribution in [3.63, 3.8) is 0 Å². The molecule has 5 nitrogen and oxygen atoms in total. The molecule has 0 aliphatic heterocycles. The molecule has 22 heavy (non-hydrogen) atoms. The molecule has 2 fully saturated rings. The van der Waals surface area contributed by atoms with Crippen molar-refractivity contribution < 1.29 is 19.4 Å². The zero-order chi connectivity index (χ0) is 15.8. The van der Waals surface area contributed by atoms with Crippen LogP contribution < -0.4 is 5.32 Å². The number of rotatable bonds is 7. The van der Waals surface area contributed by atoms with E-state index in [0.717, 1.165) is 13.0 Å². The van der Waals surface area contributed by atoms with E-state index in [1.54, 1.807) is 0 Å². The topological polar surface area (TPSA) is 75.6 Å². The Hall–Kier alpha value is -1.10. The van der Waals surface area contributed by atoms with Crippen molar-refractivity contribution in [3.05, 3.63) is 0 Å². The van der Waals surface area contributed by atoms with Crippen molar-refractivity contribution in [1.29, 1.82) is 0 Å². The van der Waals surface area contributed by atoms with Gasteiger partial charge in [0.05, 0.1) is 12.0 Å². The van der Waals surface area contributed by atoms with Crippen molar-refractivity contribution in [2.75, 3.05) is 13.2 Å². The third-order valence-corrected chi connectivity index (χ3v) is 4.97. The third kappa shape index (κ3) is 5.59. The van der Waals surface area contributed by atoms with E-state index in [0.29, 0.717) is 38.3 Å². The van der Waals surface area contributed by atoms with Crippen molar-refractivity contribution in [3.8, 4) is 0 Å². The summed E-state index contributed by atoms with van der Waals surface area (Å²) in [5, 5.41) is 11.9. The van der Waals surface area contributed by atoms with Gasteiger partial charge < -0.3 is 15.2 Å². The molecule has 2 saturated carbocycles. The predicted octanol–water partition coefficient (Wildman–Crippen LogP) is 2.73. The zero-order valence-electron chi connectivity index (χ0n) is 13.4. The molecule has 0 atom stereocenters.